The minimum Gasteiger partial charge on any atom is -0.388 e. The van der Waals surface area contributed by atoms with Gasteiger partial charge in [-0.3, -0.25) is 24.0 Å². The molecule has 0 aromatic carbocycles. The van der Waals surface area contributed by atoms with Crippen LogP contribution in [0.1, 0.15) is 24.9 Å². The lowest BCUT2D eigenvalue weighted by Crippen LogP contribution is -2.54. The number of aryl methyl sites for hydroxylation is 1. The molecule has 2 aliphatic rings. The predicted molar refractivity (Wildman–Crippen MR) is 103 cm³/mol. The Balaban J connectivity index is 1.71. The second-order valence-corrected chi connectivity index (χ2v) is 7.70. The molecule has 2 saturated heterocycles. The van der Waals surface area contributed by atoms with Gasteiger partial charge in [0.2, 0.25) is 5.91 Å². The van der Waals surface area contributed by atoms with E-state index in [2.05, 4.69) is 9.88 Å². The van der Waals surface area contributed by atoms with Crippen LogP contribution < -0.4 is 11.2 Å². The van der Waals surface area contributed by atoms with Crippen molar-refractivity contribution in [2.45, 2.75) is 31.9 Å². The summed E-state index contributed by atoms with van der Waals surface area (Å²) in [6.45, 7) is 7.65. The van der Waals surface area contributed by atoms with Crippen molar-refractivity contribution in [3.05, 3.63) is 44.8 Å². The first-order valence-electron chi connectivity index (χ1n) is 9.58. The minimum absolute atomic E-state index is 0.150. The molecule has 2 atom stereocenters. The molecule has 3 heterocycles. The Labute approximate surface area is 163 Å². The zero-order chi connectivity index (χ0) is 20.3. The van der Waals surface area contributed by atoms with Gasteiger partial charge in [-0.25, -0.2) is 4.79 Å². The van der Waals surface area contributed by atoms with E-state index in [0.29, 0.717) is 38.3 Å². The third-order valence-corrected chi connectivity index (χ3v) is 5.52. The van der Waals surface area contributed by atoms with Gasteiger partial charge in [-0.1, -0.05) is 6.08 Å². The van der Waals surface area contributed by atoms with E-state index >= 15 is 0 Å². The van der Waals surface area contributed by atoms with E-state index in [-0.39, 0.29) is 12.5 Å². The summed E-state index contributed by atoms with van der Waals surface area (Å²) < 4.78 is 6.63. The summed E-state index contributed by atoms with van der Waals surface area (Å²) in [5, 5.41) is 10.8. The molecule has 1 aromatic rings. The number of nitrogens with zero attached hydrogens (tertiary/aromatic N) is 3. The molecule has 154 valence electrons. The standard InChI is InChI=1S/C19H28N4O5/c1-14-12-23(18(26)20-17(14)25)15-13-22(7-5-19(15,2)27)16(24)4-3-6-21-8-10-28-11-9-21/h3-4,12,15,27H,5-11,13H2,1-2H3,(H,20,25,26)/b4-3+/t15-,19-/m1/s1. The van der Waals surface area contributed by atoms with Gasteiger partial charge in [0.05, 0.1) is 24.9 Å². The molecule has 0 bridgehead atoms. The van der Waals surface area contributed by atoms with Crippen LogP contribution in [-0.4, -0.2) is 81.9 Å². The highest BCUT2D eigenvalue weighted by Crippen LogP contribution is 2.30. The number of ether oxygens (including phenoxy) is 1. The van der Waals surface area contributed by atoms with Crippen LogP contribution in [0.5, 0.6) is 0 Å². The van der Waals surface area contributed by atoms with Gasteiger partial charge in [0, 0.05) is 50.6 Å². The highest BCUT2D eigenvalue weighted by molar-refractivity contribution is 5.87. The first-order chi connectivity index (χ1) is 13.3. The van der Waals surface area contributed by atoms with Crippen molar-refractivity contribution in [3.63, 3.8) is 0 Å². The molecule has 9 nitrogen and oxygen atoms in total. The van der Waals surface area contributed by atoms with Gasteiger partial charge >= 0.3 is 5.69 Å². The van der Waals surface area contributed by atoms with E-state index in [0.717, 1.165) is 13.1 Å². The van der Waals surface area contributed by atoms with E-state index in [1.54, 1.807) is 24.8 Å². The van der Waals surface area contributed by atoms with E-state index in [4.69, 9.17) is 4.74 Å². The van der Waals surface area contributed by atoms with Gasteiger partial charge in [-0.05, 0) is 20.3 Å². The summed E-state index contributed by atoms with van der Waals surface area (Å²) in [5.74, 6) is -0.150. The largest absolute Gasteiger partial charge is 0.388 e. The molecule has 2 fully saturated rings. The van der Waals surface area contributed by atoms with Crippen LogP contribution in [0.15, 0.2) is 27.9 Å². The van der Waals surface area contributed by atoms with E-state index in [1.165, 1.54) is 10.8 Å². The van der Waals surface area contributed by atoms with Crippen molar-refractivity contribution in [1.29, 1.82) is 0 Å². The molecule has 2 N–H and O–H groups in total. The molecule has 2 aliphatic heterocycles. The average molecular weight is 392 g/mol. The highest BCUT2D eigenvalue weighted by Gasteiger charge is 2.40. The van der Waals surface area contributed by atoms with Crippen molar-refractivity contribution in [2.75, 3.05) is 45.9 Å². The molecular weight excluding hydrogens is 364 g/mol. The molecule has 0 aliphatic carbocycles. The lowest BCUT2D eigenvalue weighted by molar-refractivity contribution is -0.133. The Kier molecular flexibility index (Phi) is 6.17. The molecular formula is C19H28N4O5. The third kappa shape index (κ3) is 4.60. The zero-order valence-corrected chi connectivity index (χ0v) is 16.4. The van der Waals surface area contributed by atoms with E-state index < -0.39 is 22.9 Å². The summed E-state index contributed by atoms with van der Waals surface area (Å²) in [5.41, 5.74) is -1.82. The number of piperidine rings is 1. The van der Waals surface area contributed by atoms with Crippen molar-refractivity contribution < 1.29 is 14.6 Å². The number of carbonyl (C=O) groups is 1. The number of carbonyl (C=O) groups excluding carboxylic acids is 1. The Bertz CT molecular complexity index is 851. The number of hydrogen-bond donors (Lipinski definition) is 2. The average Bonchev–Trinajstić information content (AvgIpc) is 2.65. The molecule has 1 aromatic heterocycles. The van der Waals surface area contributed by atoms with Crippen molar-refractivity contribution >= 4 is 5.91 Å². The van der Waals surface area contributed by atoms with E-state index in [1.807, 2.05) is 6.08 Å². The first kappa shape index (κ1) is 20.5. The molecule has 3 rings (SSSR count). The Morgan fingerprint density at radius 3 is 2.79 bits per heavy atom. The number of hydrogen-bond acceptors (Lipinski definition) is 6. The van der Waals surface area contributed by atoms with E-state index in [9.17, 15) is 19.5 Å². The smallest absolute Gasteiger partial charge is 0.328 e. The lowest BCUT2D eigenvalue weighted by Gasteiger charge is -2.43. The highest BCUT2D eigenvalue weighted by atomic mass is 16.5. The number of morpholine rings is 1. The molecule has 1 amide bonds. The number of aromatic nitrogens is 2. The Morgan fingerprint density at radius 1 is 1.36 bits per heavy atom. The van der Waals surface area contributed by atoms with Crippen LogP contribution in [0.25, 0.3) is 0 Å². The van der Waals surface area contributed by atoms with Gasteiger partial charge in [0.1, 0.15) is 0 Å². The zero-order valence-electron chi connectivity index (χ0n) is 16.4. The summed E-state index contributed by atoms with van der Waals surface area (Å²) in [6.07, 6.45) is 5.17. The molecule has 0 radical (unpaired) electrons. The number of likely N-dealkylation sites (tertiary alicyclic amines) is 1. The van der Waals surface area contributed by atoms with Crippen LogP contribution >= 0.6 is 0 Å². The van der Waals surface area contributed by atoms with Gasteiger partial charge < -0.3 is 14.7 Å². The fourth-order valence-corrected chi connectivity index (χ4v) is 3.62. The minimum atomic E-state index is -1.16. The van der Waals surface area contributed by atoms with Crippen molar-refractivity contribution in [3.8, 4) is 0 Å². The second-order valence-electron chi connectivity index (χ2n) is 7.70. The first-order valence-corrected chi connectivity index (χ1v) is 9.58. The number of amides is 1. The third-order valence-electron chi connectivity index (χ3n) is 5.52. The quantitative estimate of drug-likeness (QED) is 0.654. The SMILES string of the molecule is Cc1cn([C@@H]2CN(C(=O)/C=C/CN3CCOCC3)CC[C@@]2(C)O)c(=O)[nH]c1=O. The summed E-state index contributed by atoms with van der Waals surface area (Å²) in [6, 6.07) is -0.638. The van der Waals surface area contributed by atoms with Crippen molar-refractivity contribution in [1.82, 2.24) is 19.4 Å². The predicted octanol–water partition coefficient (Wildman–Crippen LogP) is -0.742. The summed E-state index contributed by atoms with van der Waals surface area (Å²) in [7, 11) is 0. The lowest BCUT2D eigenvalue weighted by atomic mass is 9.88. The fourth-order valence-electron chi connectivity index (χ4n) is 3.62. The number of nitrogens with one attached hydrogen (secondary N) is 1. The number of aromatic amines is 1. The van der Waals surface area contributed by atoms with Crippen LogP contribution in [0, 0.1) is 6.92 Å². The van der Waals surface area contributed by atoms with Gasteiger partial charge in [-0.2, -0.15) is 0 Å². The normalized spacial score (nSPS) is 26.7. The molecule has 0 spiro atoms. The number of rotatable bonds is 4. The van der Waals surface area contributed by atoms with Crippen molar-refractivity contribution in [2.24, 2.45) is 0 Å². The Morgan fingerprint density at radius 2 is 2.07 bits per heavy atom. The van der Waals surface area contributed by atoms with Crippen LogP contribution in [0.2, 0.25) is 0 Å². The monoisotopic (exact) mass is 392 g/mol. The molecule has 28 heavy (non-hydrogen) atoms. The molecule has 9 heteroatoms. The topological polar surface area (TPSA) is 108 Å². The maximum absolute atomic E-state index is 12.6. The Hall–Kier alpha value is -2.23. The summed E-state index contributed by atoms with van der Waals surface area (Å²) in [4.78, 5) is 42.6. The van der Waals surface area contributed by atoms with Gasteiger partial charge in [0.25, 0.3) is 5.56 Å². The molecule has 0 saturated carbocycles. The number of H-pyrrole nitrogens is 1. The van der Waals surface area contributed by atoms with Gasteiger partial charge in [0.15, 0.2) is 0 Å². The van der Waals surface area contributed by atoms with Gasteiger partial charge in [-0.15, -0.1) is 0 Å². The maximum Gasteiger partial charge on any atom is 0.328 e. The maximum atomic E-state index is 12.6. The molecule has 0 unspecified atom stereocenters. The van der Waals surface area contributed by atoms with Crippen LogP contribution in [0.4, 0.5) is 0 Å². The summed E-state index contributed by atoms with van der Waals surface area (Å²) >= 11 is 0. The van der Waals surface area contributed by atoms with Crippen LogP contribution in [-0.2, 0) is 9.53 Å². The van der Waals surface area contributed by atoms with Crippen LogP contribution in [0.3, 0.4) is 0 Å². The fraction of sp³-hybridized carbons (Fsp3) is 0.632. The second kappa shape index (κ2) is 8.42. The number of aliphatic hydroxyl groups is 1.